The Morgan fingerprint density at radius 2 is 1.88 bits per heavy atom. The predicted molar refractivity (Wildman–Crippen MR) is 98.4 cm³/mol. The molecule has 1 aliphatic rings. The number of fused-ring (bicyclic) bond motifs is 1. The molecule has 2 aromatic carbocycles. The molecule has 0 fully saturated rings. The van der Waals surface area contributed by atoms with Crippen LogP contribution in [0.1, 0.15) is 25.5 Å². The molecule has 2 unspecified atom stereocenters. The van der Waals surface area contributed by atoms with Crippen LogP contribution in [0.3, 0.4) is 0 Å². The third-order valence-corrected chi connectivity index (χ3v) is 4.41. The summed E-state index contributed by atoms with van der Waals surface area (Å²) in [6, 6.07) is 14.5. The summed E-state index contributed by atoms with van der Waals surface area (Å²) in [6.45, 7) is 3.54. The zero-order valence-corrected chi connectivity index (χ0v) is 15.1. The van der Waals surface area contributed by atoms with E-state index in [0.29, 0.717) is 17.2 Å². The van der Waals surface area contributed by atoms with E-state index in [-0.39, 0.29) is 24.4 Å². The van der Waals surface area contributed by atoms with E-state index in [9.17, 15) is 9.59 Å². The maximum atomic E-state index is 12.7. The van der Waals surface area contributed by atoms with Crippen molar-refractivity contribution < 1.29 is 19.1 Å². The van der Waals surface area contributed by atoms with Crippen LogP contribution in [0.5, 0.6) is 11.5 Å². The summed E-state index contributed by atoms with van der Waals surface area (Å²) in [4.78, 5) is 26.3. The SMILES string of the molecule is COc1ccccc1C(C)NC(=O)C1CN(C(C)=O)c2ccccc2O1. The Labute approximate surface area is 152 Å². The fourth-order valence-corrected chi connectivity index (χ4v) is 3.08. The Morgan fingerprint density at radius 1 is 1.19 bits per heavy atom. The summed E-state index contributed by atoms with van der Waals surface area (Å²) in [5, 5.41) is 2.95. The Bertz CT molecular complexity index is 821. The molecule has 26 heavy (non-hydrogen) atoms. The highest BCUT2D eigenvalue weighted by Crippen LogP contribution is 2.33. The molecular weight excluding hydrogens is 332 g/mol. The minimum Gasteiger partial charge on any atom is -0.496 e. The van der Waals surface area contributed by atoms with Crippen LogP contribution in [0.4, 0.5) is 5.69 Å². The van der Waals surface area contributed by atoms with Crippen LogP contribution in [0.2, 0.25) is 0 Å². The number of hydrogen-bond acceptors (Lipinski definition) is 4. The first-order valence-corrected chi connectivity index (χ1v) is 8.48. The Balaban J connectivity index is 1.77. The van der Waals surface area contributed by atoms with Crippen LogP contribution in [0.15, 0.2) is 48.5 Å². The largest absolute Gasteiger partial charge is 0.496 e. The van der Waals surface area contributed by atoms with Gasteiger partial charge in [0.25, 0.3) is 5.91 Å². The van der Waals surface area contributed by atoms with Gasteiger partial charge in [-0.05, 0) is 25.1 Å². The van der Waals surface area contributed by atoms with Crippen molar-refractivity contribution in [3.63, 3.8) is 0 Å². The molecule has 0 bridgehead atoms. The third-order valence-electron chi connectivity index (χ3n) is 4.41. The molecule has 6 heteroatoms. The minimum absolute atomic E-state index is 0.128. The van der Waals surface area contributed by atoms with Crippen LogP contribution in [-0.2, 0) is 9.59 Å². The van der Waals surface area contributed by atoms with E-state index in [1.54, 1.807) is 18.1 Å². The van der Waals surface area contributed by atoms with Gasteiger partial charge in [0.15, 0.2) is 6.10 Å². The van der Waals surface area contributed by atoms with Crippen molar-refractivity contribution in [2.75, 3.05) is 18.6 Å². The molecule has 0 aliphatic carbocycles. The quantitative estimate of drug-likeness (QED) is 0.917. The van der Waals surface area contributed by atoms with Gasteiger partial charge in [0.05, 0.1) is 25.4 Å². The van der Waals surface area contributed by atoms with E-state index in [0.717, 1.165) is 5.56 Å². The molecule has 3 rings (SSSR count). The second-order valence-corrected chi connectivity index (χ2v) is 6.18. The predicted octanol–water partition coefficient (Wildman–Crippen LogP) is 2.69. The number of para-hydroxylation sites is 3. The summed E-state index contributed by atoms with van der Waals surface area (Å²) in [6.07, 6.45) is -0.772. The number of anilines is 1. The monoisotopic (exact) mass is 354 g/mol. The van der Waals surface area contributed by atoms with Gasteiger partial charge < -0.3 is 19.7 Å². The van der Waals surface area contributed by atoms with Crippen molar-refractivity contribution in [3.8, 4) is 11.5 Å². The molecule has 0 radical (unpaired) electrons. The lowest BCUT2D eigenvalue weighted by Gasteiger charge is -2.34. The van der Waals surface area contributed by atoms with Crippen molar-refractivity contribution in [3.05, 3.63) is 54.1 Å². The number of hydrogen-bond donors (Lipinski definition) is 1. The average molecular weight is 354 g/mol. The number of amides is 2. The van der Waals surface area contributed by atoms with E-state index in [4.69, 9.17) is 9.47 Å². The number of rotatable bonds is 4. The van der Waals surface area contributed by atoms with Crippen LogP contribution in [0, 0.1) is 0 Å². The number of nitrogens with one attached hydrogen (secondary N) is 1. The molecule has 2 aromatic rings. The highest BCUT2D eigenvalue weighted by molar-refractivity contribution is 5.95. The lowest BCUT2D eigenvalue weighted by Crippen LogP contribution is -2.50. The maximum absolute atomic E-state index is 12.7. The standard InChI is InChI=1S/C20H22N2O4/c1-13(15-8-4-6-10-17(15)25-3)21-20(24)19-12-22(14(2)23)16-9-5-7-11-18(16)26-19/h4-11,13,19H,12H2,1-3H3,(H,21,24). The molecule has 0 saturated heterocycles. The normalized spacial score (nSPS) is 16.9. The van der Waals surface area contributed by atoms with Crippen LogP contribution < -0.4 is 19.7 Å². The number of methoxy groups -OCH3 is 1. The Kier molecular flexibility index (Phi) is 5.11. The van der Waals surface area contributed by atoms with Crippen molar-refractivity contribution >= 4 is 17.5 Å². The number of ether oxygens (including phenoxy) is 2. The summed E-state index contributed by atoms with van der Waals surface area (Å²) >= 11 is 0. The number of carbonyl (C=O) groups is 2. The lowest BCUT2D eigenvalue weighted by molar-refractivity contribution is -0.129. The molecule has 2 amide bonds. The zero-order valence-electron chi connectivity index (χ0n) is 15.1. The van der Waals surface area contributed by atoms with Gasteiger partial charge in [0.2, 0.25) is 5.91 Å². The smallest absolute Gasteiger partial charge is 0.263 e. The molecule has 0 aromatic heterocycles. The highest BCUT2D eigenvalue weighted by atomic mass is 16.5. The summed E-state index contributed by atoms with van der Waals surface area (Å²) < 4.78 is 11.2. The van der Waals surface area contributed by atoms with E-state index in [1.807, 2.05) is 49.4 Å². The second kappa shape index (κ2) is 7.47. The van der Waals surface area contributed by atoms with Gasteiger partial charge in [-0.2, -0.15) is 0 Å². The topological polar surface area (TPSA) is 67.9 Å². The maximum Gasteiger partial charge on any atom is 0.263 e. The fourth-order valence-electron chi connectivity index (χ4n) is 3.08. The van der Waals surface area contributed by atoms with Gasteiger partial charge in [-0.15, -0.1) is 0 Å². The molecule has 2 atom stereocenters. The molecule has 1 N–H and O–H groups in total. The first kappa shape index (κ1) is 17.8. The van der Waals surface area contributed by atoms with Crippen molar-refractivity contribution in [1.29, 1.82) is 0 Å². The van der Waals surface area contributed by atoms with E-state index in [1.165, 1.54) is 6.92 Å². The molecule has 0 spiro atoms. The van der Waals surface area contributed by atoms with Crippen molar-refractivity contribution in [1.82, 2.24) is 5.32 Å². The number of nitrogens with zero attached hydrogens (tertiary/aromatic N) is 1. The van der Waals surface area contributed by atoms with E-state index in [2.05, 4.69) is 5.32 Å². The third kappa shape index (κ3) is 3.49. The van der Waals surface area contributed by atoms with Gasteiger partial charge in [-0.1, -0.05) is 30.3 Å². The summed E-state index contributed by atoms with van der Waals surface area (Å²) in [5.41, 5.74) is 1.56. The lowest BCUT2D eigenvalue weighted by atomic mass is 10.1. The first-order valence-electron chi connectivity index (χ1n) is 8.48. The van der Waals surface area contributed by atoms with Crippen LogP contribution >= 0.6 is 0 Å². The molecule has 0 saturated carbocycles. The van der Waals surface area contributed by atoms with E-state index < -0.39 is 6.10 Å². The minimum atomic E-state index is -0.772. The Morgan fingerprint density at radius 3 is 2.62 bits per heavy atom. The van der Waals surface area contributed by atoms with Gasteiger partial charge in [0, 0.05) is 12.5 Å². The van der Waals surface area contributed by atoms with E-state index >= 15 is 0 Å². The molecule has 6 nitrogen and oxygen atoms in total. The van der Waals surface area contributed by atoms with Gasteiger partial charge in [0.1, 0.15) is 11.5 Å². The van der Waals surface area contributed by atoms with Crippen LogP contribution in [0.25, 0.3) is 0 Å². The second-order valence-electron chi connectivity index (χ2n) is 6.18. The molecule has 136 valence electrons. The van der Waals surface area contributed by atoms with Gasteiger partial charge in [-0.3, -0.25) is 9.59 Å². The zero-order chi connectivity index (χ0) is 18.7. The Hall–Kier alpha value is -3.02. The fraction of sp³-hybridized carbons (Fsp3) is 0.300. The molecular formula is C20H22N2O4. The average Bonchev–Trinajstić information content (AvgIpc) is 2.66. The number of benzene rings is 2. The van der Waals surface area contributed by atoms with Gasteiger partial charge in [-0.25, -0.2) is 0 Å². The van der Waals surface area contributed by atoms with Gasteiger partial charge >= 0.3 is 0 Å². The first-order chi connectivity index (χ1) is 12.5. The van der Waals surface area contributed by atoms with Crippen molar-refractivity contribution in [2.24, 2.45) is 0 Å². The summed E-state index contributed by atoms with van der Waals surface area (Å²) in [5.74, 6) is 0.833. The highest BCUT2D eigenvalue weighted by Gasteiger charge is 2.33. The van der Waals surface area contributed by atoms with Crippen molar-refractivity contribution in [2.45, 2.75) is 26.0 Å². The summed E-state index contributed by atoms with van der Waals surface area (Å²) in [7, 11) is 1.60. The number of carbonyl (C=O) groups excluding carboxylic acids is 2. The van der Waals surface area contributed by atoms with Crippen LogP contribution in [-0.4, -0.2) is 31.6 Å². The molecule has 1 heterocycles. The molecule has 1 aliphatic heterocycles.